The van der Waals surface area contributed by atoms with E-state index in [1.807, 2.05) is 25.1 Å². The number of hydrogen-bond donors (Lipinski definition) is 2. The highest BCUT2D eigenvalue weighted by Crippen LogP contribution is 2.17. The molecule has 0 fully saturated rings. The Morgan fingerprint density at radius 1 is 1.16 bits per heavy atom. The fraction of sp³-hybridized carbons (Fsp3) is 0.133. The van der Waals surface area contributed by atoms with E-state index in [0.29, 0.717) is 17.9 Å². The first-order chi connectivity index (χ1) is 9.06. The van der Waals surface area contributed by atoms with Crippen LogP contribution in [0, 0.1) is 6.92 Å². The first-order valence-electron chi connectivity index (χ1n) is 5.94. The third-order valence-corrected chi connectivity index (χ3v) is 2.90. The zero-order chi connectivity index (χ0) is 13.8. The molecule has 0 unspecified atom stereocenters. The number of hydrogen-bond acceptors (Lipinski definition) is 3. The number of nitrogens with two attached hydrogens (primary N) is 2. The van der Waals surface area contributed by atoms with Crippen LogP contribution in [0.5, 0.6) is 5.75 Å². The second-order valence-electron chi connectivity index (χ2n) is 4.36. The van der Waals surface area contributed by atoms with E-state index in [1.54, 1.807) is 24.3 Å². The van der Waals surface area contributed by atoms with Gasteiger partial charge in [0.1, 0.15) is 12.4 Å². The lowest BCUT2D eigenvalue weighted by molar-refractivity contribution is 0.1000. The lowest BCUT2D eigenvalue weighted by Gasteiger charge is -2.09. The standard InChI is InChI=1S/C15H16N2O2/c1-10-8-11(15(17)18)2-3-12(10)9-19-14-6-4-13(16)5-7-14/h2-8H,9,16H2,1H3,(H2,17,18). The van der Waals surface area contributed by atoms with Crippen molar-refractivity contribution < 1.29 is 9.53 Å². The van der Waals surface area contributed by atoms with Gasteiger partial charge in [-0.3, -0.25) is 4.79 Å². The van der Waals surface area contributed by atoms with Crippen molar-refractivity contribution in [2.45, 2.75) is 13.5 Å². The summed E-state index contributed by atoms with van der Waals surface area (Å²) in [6, 6.07) is 12.6. The third kappa shape index (κ3) is 3.25. The van der Waals surface area contributed by atoms with Crippen molar-refractivity contribution in [1.82, 2.24) is 0 Å². The average Bonchev–Trinajstić information content (AvgIpc) is 2.39. The molecule has 4 N–H and O–H groups in total. The lowest BCUT2D eigenvalue weighted by atomic mass is 10.1. The van der Waals surface area contributed by atoms with Crippen molar-refractivity contribution >= 4 is 11.6 Å². The lowest BCUT2D eigenvalue weighted by Crippen LogP contribution is -2.11. The smallest absolute Gasteiger partial charge is 0.248 e. The maximum atomic E-state index is 11.1. The van der Waals surface area contributed by atoms with Gasteiger partial charge >= 0.3 is 0 Å². The molecule has 0 atom stereocenters. The van der Waals surface area contributed by atoms with Gasteiger partial charge < -0.3 is 16.2 Å². The molecule has 4 nitrogen and oxygen atoms in total. The minimum Gasteiger partial charge on any atom is -0.489 e. The van der Waals surface area contributed by atoms with Crippen LogP contribution in [-0.2, 0) is 6.61 Å². The quantitative estimate of drug-likeness (QED) is 0.823. The van der Waals surface area contributed by atoms with E-state index < -0.39 is 5.91 Å². The van der Waals surface area contributed by atoms with Crippen LogP contribution < -0.4 is 16.2 Å². The number of ether oxygens (including phenoxy) is 1. The fourth-order valence-corrected chi connectivity index (χ4v) is 1.74. The molecule has 98 valence electrons. The SMILES string of the molecule is Cc1cc(C(N)=O)ccc1COc1ccc(N)cc1. The number of aryl methyl sites for hydroxylation is 1. The molecule has 19 heavy (non-hydrogen) atoms. The van der Waals surface area contributed by atoms with Crippen molar-refractivity contribution in [3.8, 4) is 5.75 Å². The minimum absolute atomic E-state index is 0.422. The molecule has 2 aromatic rings. The Morgan fingerprint density at radius 3 is 2.42 bits per heavy atom. The van der Waals surface area contributed by atoms with Gasteiger partial charge in [-0.05, 0) is 54.4 Å². The minimum atomic E-state index is -0.422. The molecular formula is C15H16N2O2. The summed E-state index contributed by atoms with van der Waals surface area (Å²) >= 11 is 0. The highest BCUT2D eigenvalue weighted by Gasteiger charge is 2.05. The van der Waals surface area contributed by atoms with Gasteiger partial charge in [0.15, 0.2) is 0 Å². The monoisotopic (exact) mass is 256 g/mol. The Kier molecular flexibility index (Phi) is 3.71. The second-order valence-corrected chi connectivity index (χ2v) is 4.36. The summed E-state index contributed by atoms with van der Waals surface area (Å²) in [5.74, 6) is 0.335. The van der Waals surface area contributed by atoms with Gasteiger partial charge in [-0.1, -0.05) is 6.07 Å². The van der Waals surface area contributed by atoms with Crippen molar-refractivity contribution in [2.24, 2.45) is 5.73 Å². The van der Waals surface area contributed by atoms with Crippen LogP contribution in [0.3, 0.4) is 0 Å². The first kappa shape index (κ1) is 13.0. The Bertz CT molecular complexity index is 592. The highest BCUT2D eigenvalue weighted by atomic mass is 16.5. The molecule has 0 spiro atoms. The first-order valence-corrected chi connectivity index (χ1v) is 5.94. The van der Waals surface area contributed by atoms with Crippen LogP contribution in [-0.4, -0.2) is 5.91 Å². The number of primary amides is 1. The highest BCUT2D eigenvalue weighted by molar-refractivity contribution is 5.93. The van der Waals surface area contributed by atoms with Gasteiger partial charge in [-0.25, -0.2) is 0 Å². The van der Waals surface area contributed by atoms with Crippen LogP contribution in [0.1, 0.15) is 21.5 Å². The van der Waals surface area contributed by atoms with Crippen LogP contribution in [0.4, 0.5) is 5.69 Å². The Labute approximate surface area is 112 Å². The zero-order valence-electron chi connectivity index (χ0n) is 10.7. The molecule has 4 heteroatoms. The van der Waals surface area contributed by atoms with E-state index in [1.165, 1.54) is 0 Å². The van der Waals surface area contributed by atoms with Gasteiger partial charge in [-0.2, -0.15) is 0 Å². The molecule has 0 saturated carbocycles. The molecule has 0 saturated heterocycles. The van der Waals surface area contributed by atoms with Crippen molar-refractivity contribution in [1.29, 1.82) is 0 Å². The molecule has 0 radical (unpaired) electrons. The number of nitrogen functional groups attached to an aromatic ring is 1. The molecule has 0 heterocycles. The van der Waals surface area contributed by atoms with E-state index >= 15 is 0 Å². The van der Waals surface area contributed by atoms with Gasteiger partial charge in [0.05, 0.1) is 0 Å². The van der Waals surface area contributed by atoms with Gasteiger partial charge in [0, 0.05) is 11.3 Å². The number of carbonyl (C=O) groups is 1. The molecular weight excluding hydrogens is 240 g/mol. The predicted octanol–water partition coefficient (Wildman–Crippen LogP) is 2.26. The molecule has 0 aliphatic heterocycles. The van der Waals surface area contributed by atoms with Crippen molar-refractivity contribution in [3.05, 3.63) is 59.2 Å². The molecule has 0 aliphatic rings. The van der Waals surface area contributed by atoms with E-state index in [0.717, 1.165) is 16.9 Å². The Balaban J connectivity index is 2.07. The summed E-state index contributed by atoms with van der Waals surface area (Å²) in [4.78, 5) is 11.1. The van der Waals surface area contributed by atoms with E-state index in [9.17, 15) is 4.79 Å². The van der Waals surface area contributed by atoms with Gasteiger partial charge in [0.2, 0.25) is 5.91 Å². The number of rotatable bonds is 4. The summed E-state index contributed by atoms with van der Waals surface area (Å²) in [5.41, 5.74) is 14.0. The largest absolute Gasteiger partial charge is 0.489 e. The number of anilines is 1. The number of carbonyl (C=O) groups excluding carboxylic acids is 1. The van der Waals surface area contributed by atoms with Gasteiger partial charge in [0.25, 0.3) is 0 Å². The molecule has 0 aromatic heterocycles. The number of benzene rings is 2. The predicted molar refractivity (Wildman–Crippen MR) is 74.9 cm³/mol. The normalized spacial score (nSPS) is 10.2. The Morgan fingerprint density at radius 2 is 1.84 bits per heavy atom. The van der Waals surface area contributed by atoms with E-state index in [2.05, 4.69) is 0 Å². The van der Waals surface area contributed by atoms with Crippen LogP contribution >= 0.6 is 0 Å². The van der Waals surface area contributed by atoms with Crippen molar-refractivity contribution in [2.75, 3.05) is 5.73 Å². The second kappa shape index (κ2) is 5.44. The third-order valence-electron chi connectivity index (χ3n) is 2.90. The van der Waals surface area contributed by atoms with Crippen LogP contribution in [0.15, 0.2) is 42.5 Å². The van der Waals surface area contributed by atoms with Crippen molar-refractivity contribution in [3.63, 3.8) is 0 Å². The molecule has 1 amide bonds. The summed E-state index contributed by atoms with van der Waals surface area (Å²) < 4.78 is 5.66. The molecule has 0 aliphatic carbocycles. The van der Waals surface area contributed by atoms with E-state index in [-0.39, 0.29) is 0 Å². The summed E-state index contributed by atoms with van der Waals surface area (Å²) in [6.07, 6.45) is 0. The summed E-state index contributed by atoms with van der Waals surface area (Å²) in [7, 11) is 0. The molecule has 2 rings (SSSR count). The fourth-order valence-electron chi connectivity index (χ4n) is 1.74. The zero-order valence-corrected chi connectivity index (χ0v) is 10.7. The topological polar surface area (TPSA) is 78.3 Å². The van der Waals surface area contributed by atoms with Crippen LogP contribution in [0.2, 0.25) is 0 Å². The molecule has 0 bridgehead atoms. The summed E-state index contributed by atoms with van der Waals surface area (Å²) in [5, 5.41) is 0. The van der Waals surface area contributed by atoms with Gasteiger partial charge in [-0.15, -0.1) is 0 Å². The maximum absolute atomic E-state index is 11.1. The molecule has 2 aromatic carbocycles. The average molecular weight is 256 g/mol. The Hall–Kier alpha value is -2.49. The van der Waals surface area contributed by atoms with Crippen LogP contribution in [0.25, 0.3) is 0 Å². The number of amides is 1. The maximum Gasteiger partial charge on any atom is 0.248 e. The van der Waals surface area contributed by atoms with E-state index in [4.69, 9.17) is 16.2 Å². The summed E-state index contributed by atoms with van der Waals surface area (Å²) in [6.45, 7) is 2.36.